The monoisotopic (exact) mass is 152 g/mol. The maximum atomic E-state index is 6.20. The van der Waals surface area contributed by atoms with Crippen molar-refractivity contribution in [3.8, 4) is 0 Å². The van der Waals surface area contributed by atoms with Gasteiger partial charge in [0.15, 0.2) is 5.11 Å². The SMILES string of the molecule is Cl.N=C=NNC(N)=S. The Hall–Kier alpha value is -0.640. The fourth-order valence-corrected chi connectivity index (χ4v) is 0.129. The number of halogens is 1. The van der Waals surface area contributed by atoms with Gasteiger partial charge in [0.05, 0.1) is 0 Å². The smallest absolute Gasteiger partial charge is 0.184 e. The Balaban J connectivity index is 0. The molecule has 8 heavy (non-hydrogen) atoms. The predicted molar refractivity (Wildman–Crippen MR) is 37.3 cm³/mol. The number of thiocarbonyl (C=S) groups is 1. The van der Waals surface area contributed by atoms with Crippen molar-refractivity contribution < 1.29 is 0 Å². The highest BCUT2D eigenvalue weighted by molar-refractivity contribution is 7.80. The zero-order valence-electron chi connectivity index (χ0n) is 3.84. The number of nitrogens with one attached hydrogen (secondary N) is 2. The minimum atomic E-state index is 0. The molecule has 0 aromatic rings. The third-order valence-electron chi connectivity index (χ3n) is 0.222. The molecule has 0 aliphatic carbocycles. The lowest BCUT2D eigenvalue weighted by atomic mass is 11.2. The third-order valence-corrected chi connectivity index (χ3v) is 0.313. The minimum absolute atomic E-state index is 0. The summed E-state index contributed by atoms with van der Waals surface area (Å²) in [5.41, 5.74) is 7.01. The summed E-state index contributed by atoms with van der Waals surface area (Å²) < 4.78 is 0. The summed E-state index contributed by atoms with van der Waals surface area (Å²) >= 11 is 4.31. The number of hydrogen-bond donors (Lipinski definition) is 3. The van der Waals surface area contributed by atoms with Crippen molar-refractivity contribution >= 4 is 35.7 Å². The van der Waals surface area contributed by atoms with E-state index in [1.54, 1.807) is 6.01 Å². The Morgan fingerprint density at radius 2 is 2.38 bits per heavy atom. The number of nitrogens with two attached hydrogens (primary N) is 1. The van der Waals surface area contributed by atoms with Crippen LogP contribution in [-0.4, -0.2) is 11.1 Å². The molecule has 0 spiro atoms. The van der Waals surface area contributed by atoms with Gasteiger partial charge >= 0.3 is 0 Å². The van der Waals surface area contributed by atoms with E-state index in [1.807, 2.05) is 0 Å². The molecule has 0 amide bonds. The van der Waals surface area contributed by atoms with Crippen LogP contribution in [0.4, 0.5) is 0 Å². The molecule has 0 bridgehead atoms. The van der Waals surface area contributed by atoms with Crippen LogP contribution >= 0.6 is 24.6 Å². The molecular weight excluding hydrogens is 148 g/mol. The lowest BCUT2D eigenvalue weighted by molar-refractivity contribution is 1.04. The van der Waals surface area contributed by atoms with Gasteiger partial charge in [-0.15, -0.1) is 17.5 Å². The summed E-state index contributed by atoms with van der Waals surface area (Å²) in [6, 6.07) is 1.70. The molecular formula is C2H5ClN4S. The average molecular weight is 153 g/mol. The van der Waals surface area contributed by atoms with Crippen molar-refractivity contribution in [2.45, 2.75) is 0 Å². The van der Waals surface area contributed by atoms with Crippen molar-refractivity contribution in [3.63, 3.8) is 0 Å². The van der Waals surface area contributed by atoms with Gasteiger partial charge < -0.3 is 5.73 Å². The Kier molecular flexibility index (Phi) is 8.24. The van der Waals surface area contributed by atoms with E-state index >= 15 is 0 Å². The molecule has 0 aliphatic heterocycles. The molecule has 4 N–H and O–H groups in total. The summed E-state index contributed by atoms with van der Waals surface area (Å²) in [6.45, 7) is 0. The van der Waals surface area contributed by atoms with Gasteiger partial charge in [0.1, 0.15) is 6.01 Å². The first kappa shape index (κ1) is 10.4. The number of rotatable bonds is 1. The van der Waals surface area contributed by atoms with E-state index < -0.39 is 0 Å². The second-order valence-electron chi connectivity index (χ2n) is 0.700. The molecule has 4 nitrogen and oxygen atoms in total. The highest BCUT2D eigenvalue weighted by Crippen LogP contribution is 1.52. The van der Waals surface area contributed by atoms with Gasteiger partial charge in [0.25, 0.3) is 0 Å². The molecule has 0 rings (SSSR count). The molecule has 0 fully saturated rings. The summed E-state index contributed by atoms with van der Waals surface area (Å²) in [5.74, 6) is 0. The lowest BCUT2D eigenvalue weighted by Gasteiger charge is -1.85. The molecule has 0 saturated heterocycles. The first-order valence-corrected chi connectivity index (χ1v) is 1.85. The number of nitrogens with zero attached hydrogens (tertiary/aromatic N) is 1. The standard InChI is InChI=1S/C2H4N4S.ClH/c3-1-5-6-2(4)7;/h3H,(H3,4,6,7);1H. The van der Waals surface area contributed by atoms with Crippen molar-refractivity contribution in [1.82, 2.24) is 5.43 Å². The minimum Gasteiger partial charge on any atom is -0.375 e. The van der Waals surface area contributed by atoms with Gasteiger partial charge in [-0.2, -0.15) is 0 Å². The Morgan fingerprint density at radius 3 is 2.50 bits per heavy atom. The molecule has 0 radical (unpaired) electrons. The lowest BCUT2D eigenvalue weighted by Crippen LogP contribution is -2.23. The Labute approximate surface area is 58.1 Å². The van der Waals surface area contributed by atoms with Crippen molar-refractivity contribution in [3.05, 3.63) is 0 Å². The van der Waals surface area contributed by atoms with E-state index in [0.29, 0.717) is 0 Å². The van der Waals surface area contributed by atoms with E-state index in [0.717, 1.165) is 0 Å². The molecule has 0 aliphatic rings. The number of hydrogen-bond acceptors (Lipinski definition) is 3. The summed E-state index contributed by atoms with van der Waals surface area (Å²) in [4.78, 5) is 0. The van der Waals surface area contributed by atoms with Gasteiger partial charge in [-0.25, -0.2) is 10.8 Å². The van der Waals surface area contributed by atoms with Crippen LogP contribution in [0.2, 0.25) is 0 Å². The van der Waals surface area contributed by atoms with Gasteiger partial charge in [-0.05, 0) is 12.2 Å². The highest BCUT2D eigenvalue weighted by atomic mass is 35.5. The van der Waals surface area contributed by atoms with Crippen LogP contribution in [0, 0.1) is 5.41 Å². The molecule has 0 heterocycles. The highest BCUT2D eigenvalue weighted by Gasteiger charge is 1.73. The molecule has 46 valence electrons. The molecule has 0 atom stereocenters. The number of hydrazone groups is 1. The van der Waals surface area contributed by atoms with Crippen molar-refractivity contribution in [2.24, 2.45) is 10.8 Å². The maximum Gasteiger partial charge on any atom is 0.184 e. The molecule has 0 aromatic carbocycles. The normalized spacial score (nSPS) is 5.50. The van der Waals surface area contributed by atoms with Gasteiger partial charge in [-0.1, -0.05) is 0 Å². The van der Waals surface area contributed by atoms with E-state index in [-0.39, 0.29) is 17.5 Å². The second kappa shape index (κ2) is 6.36. The van der Waals surface area contributed by atoms with Crippen LogP contribution in [0.25, 0.3) is 0 Å². The first-order chi connectivity index (χ1) is 3.27. The summed E-state index contributed by atoms with van der Waals surface area (Å²) in [5, 5.41) is 9.31. The Bertz CT molecular complexity index is 117. The van der Waals surface area contributed by atoms with Gasteiger partial charge in [0.2, 0.25) is 0 Å². The van der Waals surface area contributed by atoms with Gasteiger partial charge in [-0.3, -0.25) is 0 Å². The van der Waals surface area contributed by atoms with E-state index in [9.17, 15) is 0 Å². The second-order valence-corrected chi connectivity index (χ2v) is 1.14. The Morgan fingerprint density at radius 1 is 1.88 bits per heavy atom. The van der Waals surface area contributed by atoms with E-state index in [1.165, 1.54) is 0 Å². The van der Waals surface area contributed by atoms with E-state index in [2.05, 4.69) is 22.7 Å². The fraction of sp³-hybridized carbons (Fsp3) is 0. The molecule has 0 saturated carbocycles. The van der Waals surface area contributed by atoms with Crippen LogP contribution in [-0.2, 0) is 0 Å². The van der Waals surface area contributed by atoms with E-state index in [4.69, 9.17) is 11.1 Å². The van der Waals surface area contributed by atoms with Crippen molar-refractivity contribution in [1.29, 1.82) is 5.41 Å². The predicted octanol–water partition coefficient (Wildman–Crippen LogP) is -0.0909. The van der Waals surface area contributed by atoms with Gasteiger partial charge in [0, 0.05) is 0 Å². The van der Waals surface area contributed by atoms with Crippen LogP contribution in [0.3, 0.4) is 0 Å². The van der Waals surface area contributed by atoms with Crippen LogP contribution in [0.5, 0.6) is 0 Å². The molecule has 0 aromatic heterocycles. The largest absolute Gasteiger partial charge is 0.375 e. The average Bonchev–Trinajstić information content (AvgIpc) is 1.61. The zero-order valence-corrected chi connectivity index (χ0v) is 5.47. The van der Waals surface area contributed by atoms with Crippen LogP contribution in [0.1, 0.15) is 0 Å². The molecule has 6 heteroatoms. The fourth-order valence-electron chi connectivity index (χ4n) is 0.0830. The summed E-state index contributed by atoms with van der Waals surface area (Å²) in [7, 11) is 0. The zero-order chi connectivity index (χ0) is 5.70. The van der Waals surface area contributed by atoms with Crippen molar-refractivity contribution in [2.75, 3.05) is 0 Å². The van der Waals surface area contributed by atoms with Crippen LogP contribution in [0.15, 0.2) is 5.10 Å². The molecule has 0 unspecified atom stereocenters. The van der Waals surface area contributed by atoms with Crippen LogP contribution < -0.4 is 11.2 Å². The summed E-state index contributed by atoms with van der Waals surface area (Å²) in [6.07, 6.45) is 0. The first-order valence-electron chi connectivity index (χ1n) is 1.44. The third kappa shape index (κ3) is 9.03. The quantitative estimate of drug-likeness (QED) is 0.279. The maximum absolute atomic E-state index is 6.20. The topological polar surface area (TPSA) is 74.3 Å².